The highest BCUT2D eigenvalue weighted by Gasteiger charge is 2.35. The Labute approximate surface area is 220 Å². The quantitative estimate of drug-likeness (QED) is 0.399. The van der Waals surface area contributed by atoms with Gasteiger partial charge in [-0.3, -0.25) is 9.88 Å². The molecule has 3 aromatic heterocycles. The van der Waals surface area contributed by atoms with Gasteiger partial charge in [0.1, 0.15) is 22.7 Å². The Hall–Kier alpha value is -3.50. The highest BCUT2D eigenvalue weighted by atomic mass is 32.1. The highest BCUT2D eigenvalue weighted by molar-refractivity contribution is 7.23. The normalized spacial score (nSPS) is 20.2. The minimum absolute atomic E-state index is 0.0389. The SMILES string of the molecule is CO[C@@H]1C[C@@H](C(C)Oc2ncc3c4c(c(-c5ncc(F)c6sc(N)c(C#N)c56)c(F)c3n2)COC4)N(C)C1. The van der Waals surface area contributed by atoms with E-state index in [9.17, 15) is 9.65 Å². The monoisotopic (exact) mass is 538 g/mol. The number of hydrogen-bond donors (Lipinski definition) is 1. The predicted octanol–water partition coefficient (Wildman–Crippen LogP) is 4.16. The number of benzene rings is 1. The molecule has 0 amide bonds. The van der Waals surface area contributed by atoms with Gasteiger partial charge in [-0.05, 0) is 31.5 Å². The largest absolute Gasteiger partial charge is 0.459 e. The molecule has 196 valence electrons. The van der Waals surface area contributed by atoms with Crippen LogP contribution >= 0.6 is 11.3 Å². The minimum Gasteiger partial charge on any atom is -0.459 e. The Bertz CT molecular complexity index is 1640. The van der Waals surface area contributed by atoms with Gasteiger partial charge < -0.3 is 19.9 Å². The van der Waals surface area contributed by atoms with Crippen molar-refractivity contribution < 1.29 is 23.0 Å². The Morgan fingerprint density at radius 3 is 2.79 bits per heavy atom. The van der Waals surface area contributed by atoms with Gasteiger partial charge in [0, 0.05) is 42.2 Å². The molecule has 0 bridgehead atoms. The third kappa shape index (κ3) is 3.77. The summed E-state index contributed by atoms with van der Waals surface area (Å²) in [7, 11) is 3.69. The molecule has 0 spiro atoms. The number of nitrogens with zero attached hydrogens (tertiary/aromatic N) is 5. The standard InChI is InChI=1S/C26H24F2N6O3S/c1-11(18-4-12(35-3)8-34(18)2)37-26-32-6-14-15-9-36-10-16(15)19(21(28)22(14)33-26)23-20-13(5-29)25(30)38-24(20)17(27)7-31-23/h6-7,11-12,18H,4,8-10,30H2,1-3H3/t11?,12-,18+/m1/s1. The summed E-state index contributed by atoms with van der Waals surface area (Å²) in [5.74, 6) is -1.30. The van der Waals surface area contributed by atoms with Crippen molar-refractivity contribution in [1.82, 2.24) is 19.9 Å². The van der Waals surface area contributed by atoms with Gasteiger partial charge in [-0.25, -0.2) is 13.8 Å². The second-order valence-electron chi connectivity index (χ2n) is 9.59. The summed E-state index contributed by atoms with van der Waals surface area (Å²) in [5.41, 5.74) is 7.62. The average Bonchev–Trinajstić information content (AvgIpc) is 3.62. The fourth-order valence-corrected chi connectivity index (χ4v) is 6.46. The summed E-state index contributed by atoms with van der Waals surface area (Å²) in [6.45, 7) is 3.07. The Kier molecular flexibility index (Phi) is 6.11. The molecule has 4 aromatic rings. The zero-order valence-electron chi connectivity index (χ0n) is 20.9. The number of pyridine rings is 1. The molecule has 3 atom stereocenters. The van der Waals surface area contributed by atoms with Crippen molar-refractivity contribution in [3.05, 3.63) is 40.7 Å². The van der Waals surface area contributed by atoms with Crippen LogP contribution in [0.2, 0.25) is 0 Å². The minimum atomic E-state index is -0.671. The van der Waals surface area contributed by atoms with E-state index in [2.05, 4.69) is 19.9 Å². The van der Waals surface area contributed by atoms with Crippen LogP contribution in [-0.2, 0) is 22.7 Å². The topological polar surface area (TPSA) is 119 Å². The van der Waals surface area contributed by atoms with E-state index in [0.717, 1.165) is 36.1 Å². The molecule has 1 fully saturated rings. The number of hydrogen-bond acceptors (Lipinski definition) is 10. The summed E-state index contributed by atoms with van der Waals surface area (Å²) in [5, 5.41) is 10.5. The molecule has 9 nitrogen and oxygen atoms in total. The number of ether oxygens (including phenoxy) is 3. The molecule has 6 rings (SSSR count). The number of nitrogen functional groups attached to an aromatic ring is 1. The molecule has 12 heteroatoms. The maximum Gasteiger partial charge on any atom is 0.317 e. The number of rotatable bonds is 5. The summed E-state index contributed by atoms with van der Waals surface area (Å²) in [4.78, 5) is 15.2. The molecule has 2 aliphatic heterocycles. The first kappa shape index (κ1) is 24.8. The lowest BCUT2D eigenvalue weighted by atomic mass is 9.94. The van der Waals surface area contributed by atoms with Gasteiger partial charge in [0.15, 0.2) is 11.6 Å². The van der Waals surface area contributed by atoms with Gasteiger partial charge in [0.05, 0.1) is 41.5 Å². The number of aromatic nitrogens is 3. The van der Waals surface area contributed by atoms with Gasteiger partial charge in [0.25, 0.3) is 0 Å². The summed E-state index contributed by atoms with van der Waals surface area (Å²) >= 11 is 0.933. The van der Waals surface area contributed by atoms with Crippen molar-refractivity contribution in [2.45, 2.75) is 44.8 Å². The van der Waals surface area contributed by atoms with Crippen molar-refractivity contribution in [1.29, 1.82) is 5.26 Å². The second-order valence-corrected chi connectivity index (χ2v) is 10.6. The lowest BCUT2D eigenvalue weighted by Gasteiger charge is -2.25. The van der Waals surface area contributed by atoms with Gasteiger partial charge in [-0.15, -0.1) is 11.3 Å². The van der Waals surface area contributed by atoms with Crippen LogP contribution in [0.25, 0.3) is 32.2 Å². The summed E-state index contributed by atoms with van der Waals surface area (Å²) < 4.78 is 48.4. The zero-order chi connectivity index (χ0) is 26.7. The molecule has 1 saturated heterocycles. The van der Waals surface area contributed by atoms with E-state index in [1.165, 1.54) is 6.20 Å². The van der Waals surface area contributed by atoms with E-state index in [4.69, 9.17) is 19.9 Å². The molecule has 1 aromatic carbocycles. The van der Waals surface area contributed by atoms with Crippen molar-refractivity contribution in [3.8, 4) is 23.3 Å². The van der Waals surface area contributed by atoms with Crippen LogP contribution in [0.15, 0.2) is 12.4 Å². The van der Waals surface area contributed by atoms with E-state index in [1.807, 2.05) is 20.0 Å². The number of nitrogens with two attached hydrogens (primary N) is 1. The fourth-order valence-electron chi connectivity index (χ4n) is 5.53. The first-order chi connectivity index (χ1) is 18.3. The molecule has 5 heterocycles. The first-order valence-electron chi connectivity index (χ1n) is 12.1. The third-order valence-electron chi connectivity index (χ3n) is 7.45. The lowest BCUT2D eigenvalue weighted by Crippen LogP contribution is -2.38. The number of anilines is 1. The van der Waals surface area contributed by atoms with Crippen molar-refractivity contribution >= 4 is 37.3 Å². The van der Waals surface area contributed by atoms with E-state index >= 15 is 4.39 Å². The van der Waals surface area contributed by atoms with Gasteiger partial charge >= 0.3 is 6.01 Å². The van der Waals surface area contributed by atoms with Gasteiger partial charge in [-0.1, -0.05) is 0 Å². The number of nitriles is 1. The average molecular weight is 539 g/mol. The molecule has 2 N–H and O–H groups in total. The molecule has 0 radical (unpaired) electrons. The maximum atomic E-state index is 16.4. The molecular weight excluding hydrogens is 514 g/mol. The summed E-state index contributed by atoms with van der Waals surface area (Å²) in [6.07, 6.45) is 3.19. The Balaban J connectivity index is 1.49. The van der Waals surface area contributed by atoms with Crippen LogP contribution in [-0.4, -0.2) is 58.8 Å². The smallest absolute Gasteiger partial charge is 0.317 e. The van der Waals surface area contributed by atoms with Crippen LogP contribution in [0.5, 0.6) is 6.01 Å². The van der Waals surface area contributed by atoms with Crippen LogP contribution in [0.3, 0.4) is 0 Å². The van der Waals surface area contributed by atoms with Crippen molar-refractivity contribution in [2.24, 2.45) is 0 Å². The van der Waals surface area contributed by atoms with Gasteiger partial charge in [-0.2, -0.15) is 10.2 Å². The number of likely N-dealkylation sites (tertiary alicyclic amines) is 1. The fraction of sp³-hybridized carbons (Fsp3) is 0.385. The number of methoxy groups -OCH3 is 1. The second kappa shape index (κ2) is 9.36. The van der Waals surface area contributed by atoms with E-state index in [-0.39, 0.29) is 74.9 Å². The highest BCUT2D eigenvalue weighted by Crippen LogP contribution is 2.45. The first-order valence-corrected chi connectivity index (χ1v) is 12.9. The van der Waals surface area contributed by atoms with Crippen LogP contribution in [0.4, 0.5) is 13.8 Å². The van der Waals surface area contributed by atoms with Crippen LogP contribution < -0.4 is 10.5 Å². The molecule has 0 aliphatic carbocycles. The maximum absolute atomic E-state index is 16.4. The van der Waals surface area contributed by atoms with Crippen molar-refractivity contribution in [3.63, 3.8) is 0 Å². The van der Waals surface area contributed by atoms with Crippen molar-refractivity contribution in [2.75, 3.05) is 26.4 Å². The molecule has 1 unspecified atom stereocenters. The third-order valence-corrected chi connectivity index (χ3v) is 8.48. The number of likely N-dealkylation sites (N-methyl/N-ethyl adjacent to an activating group) is 1. The van der Waals surface area contributed by atoms with Gasteiger partial charge in [0.2, 0.25) is 0 Å². The van der Waals surface area contributed by atoms with Crippen LogP contribution in [0, 0.1) is 23.0 Å². The van der Waals surface area contributed by atoms with Crippen LogP contribution in [0.1, 0.15) is 30.0 Å². The van der Waals surface area contributed by atoms with E-state index < -0.39 is 11.6 Å². The predicted molar refractivity (Wildman–Crippen MR) is 138 cm³/mol. The van der Waals surface area contributed by atoms with E-state index in [0.29, 0.717) is 10.9 Å². The number of fused-ring (bicyclic) bond motifs is 4. The number of halogens is 2. The molecule has 0 saturated carbocycles. The Morgan fingerprint density at radius 2 is 2.05 bits per heavy atom. The van der Waals surface area contributed by atoms with E-state index in [1.54, 1.807) is 7.11 Å². The zero-order valence-corrected chi connectivity index (χ0v) is 21.7. The lowest BCUT2D eigenvalue weighted by molar-refractivity contribution is 0.106. The molecule has 38 heavy (non-hydrogen) atoms. The summed E-state index contributed by atoms with van der Waals surface area (Å²) in [6, 6.07) is 2.14. The molecule has 2 aliphatic rings. The Morgan fingerprint density at radius 1 is 1.26 bits per heavy atom. The number of thiophene rings is 1. The molecular formula is C26H24F2N6O3S.